The monoisotopic (exact) mass is 211 g/mol. The molecule has 2 heteroatoms. The van der Waals surface area contributed by atoms with E-state index in [9.17, 15) is 5.11 Å². The lowest BCUT2D eigenvalue weighted by atomic mass is 9.70. The molecule has 0 atom stereocenters. The highest BCUT2D eigenvalue weighted by molar-refractivity contribution is 4.92. The summed E-state index contributed by atoms with van der Waals surface area (Å²) in [6, 6.07) is 0. The summed E-state index contributed by atoms with van der Waals surface area (Å²) in [5.74, 6) is 1.47. The van der Waals surface area contributed by atoms with Crippen LogP contribution >= 0.6 is 0 Å². The van der Waals surface area contributed by atoms with Crippen LogP contribution in [0.5, 0.6) is 0 Å². The fourth-order valence-electron chi connectivity index (χ4n) is 3.21. The lowest BCUT2D eigenvalue weighted by Crippen LogP contribution is -2.48. The van der Waals surface area contributed by atoms with Gasteiger partial charge in [-0.15, -0.1) is 0 Å². The summed E-state index contributed by atoms with van der Waals surface area (Å²) in [6.45, 7) is 4.49. The summed E-state index contributed by atoms with van der Waals surface area (Å²) < 4.78 is 0. The normalized spacial score (nSPS) is 37.8. The summed E-state index contributed by atoms with van der Waals surface area (Å²) in [5.41, 5.74) is -0.327. The largest absolute Gasteiger partial charge is 0.390 e. The second-order valence-corrected chi connectivity index (χ2v) is 5.86. The molecule has 0 aromatic carbocycles. The zero-order valence-corrected chi connectivity index (χ0v) is 10.2. The van der Waals surface area contributed by atoms with E-state index in [1.807, 2.05) is 0 Å². The van der Waals surface area contributed by atoms with Crippen molar-refractivity contribution in [3.8, 4) is 0 Å². The van der Waals surface area contributed by atoms with Crippen LogP contribution in [0.1, 0.15) is 45.4 Å². The highest BCUT2D eigenvalue weighted by atomic mass is 16.3. The molecule has 0 radical (unpaired) electrons. The first-order chi connectivity index (χ1) is 7.10. The van der Waals surface area contributed by atoms with Gasteiger partial charge in [-0.05, 0) is 44.6 Å². The Hall–Kier alpha value is -0.0800. The molecule has 2 aliphatic rings. The second-order valence-electron chi connectivity index (χ2n) is 5.86. The third-order valence-corrected chi connectivity index (χ3v) is 4.63. The minimum absolute atomic E-state index is 0.327. The highest BCUT2D eigenvalue weighted by Gasteiger charge is 2.39. The van der Waals surface area contributed by atoms with Crippen LogP contribution < -0.4 is 0 Å². The maximum Gasteiger partial charge on any atom is 0.0700 e. The van der Waals surface area contributed by atoms with Crippen molar-refractivity contribution in [2.24, 2.45) is 11.8 Å². The maximum atomic E-state index is 10.7. The summed E-state index contributed by atoms with van der Waals surface area (Å²) in [6.07, 6.45) is 7.12. The Morgan fingerprint density at radius 3 is 2.13 bits per heavy atom. The Kier molecular flexibility index (Phi) is 3.36. The molecule has 1 saturated carbocycles. The Balaban J connectivity index is 1.91. The molecule has 1 N–H and O–H groups in total. The third-order valence-electron chi connectivity index (χ3n) is 4.63. The van der Waals surface area contributed by atoms with Gasteiger partial charge in [-0.1, -0.05) is 19.8 Å². The number of piperidine rings is 1. The number of nitrogens with zero attached hydrogens (tertiary/aromatic N) is 1. The van der Waals surface area contributed by atoms with Gasteiger partial charge >= 0.3 is 0 Å². The topological polar surface area (TPSA) is 23.5 Å². The smallest absolute Gasteiger partial charge is 0.0700 e. The molecule has 0 unspecified atom stereocenters. The number of likely N-dealkylation sites (tertiary alicyclic amines) is 1. The van der Waals surface area contributed by atoms with Crippen LogP contribution in [-0.2, 0) is 0 Å². The fourth-order valence-corrected chi connectivity index (χ4v) is 3.21. The van der Waals surface area contributed by atoms with Gasteiger partial charge in [0.05, 0.1) is 5.60 Å². The molecule has 0 amide bonds. The predicted molar refractivity (Wildman–Crippen MR) is 62.8 cm³/mol. The van der Waals surface area contributed by atoms with Gasteiger partial charge in [-0.2, -0.15) is 0 Å². The molecule has 0 bridgehead atoms. The average Bonchev–Trinajstić information content (AvgIpc) is 2.24. The van der Waals surface area contributed by atoms with Gasteiger partial charge in [0, 0.05) is 13.1 Å². The minimum atomic E-state index is -0.327. The fraction of sp³-hybridized carbons (Fsp3) is 1.00. The van der Waals surface area contributed by atoms with Crippen molar-refractivity contribution in [3.63, 3.8) is 0 Å². The Morgan fingerprint density at radius 2 is 1.60 bits per heavy atom. The molecule has 1 aliphatic carbocycles. The molecule has 0 spiro atoms. The molecule has 2 fully saturated rings. The molecule has 1 saturated heterocycles. The van der Waals surface area contributed by atoms with E-state index >= 15 is 0 Å². The number of aliphatic hydroxyl groups is 1. The van der Waals surface area contributed by atoms with Gasteiger partial charge in [0.2, 0.25) is 0 Å². The van der Waals surface area contributed by atoms with Gasteiger partial charge in [0.15, 0.2) is 0 Å². The Morgan fingerprint density at radius 1 is 1.07 bits per heavy atom. The first-order valence-corrected chi connectivity index (χ1v) is 6.51. The van der Waals surface area contributed by atoms with E-state index in [4.69, 9.17) is 0 Å². The molecule has 15 heavy (non-hydrogen) atoms. The third kappa shape index (κ3) is 2.54. The van der Waals surface area contributed by atoms with Gasteiger partial charge < -0.3 is 10.0 Å². The number of hydrogen-bond acceptors (Lipinski definition) is 2. The SMILES string of the molecule is CC1CCC(C2(O)CCN(C)CC2)CC1. The van der Waals surface area contributed by atoms with E-state index in [1.54, 1.807) is 0 Å². The van der Waals surface area contributed by atoms with Crippen LogP contribution in [0.2, 0.25) is 0 Å². The molecule has 0 aromatic heterocycles. The van der Waals surface area contributed by atoms with Gasteiger partial charge in [-0.3, -0.25) is 0 Å². The van der Waals surface area contributed by atoms with Crippen LogP contribution in [0.3, 0.4) is 0 Å². The van der Waals surface area contributed by atoms with Crippen molar-refractivity contribution in [2.45, 2.75) is 51.0 Å². The summed E-state index contributed by atoms with van der Waals surface area (Å²) in [7, 11) is 2.16. The summed E-state index contributed by atoms with van der Waals surface area (Å²) >= 11 is 0. The van der Waals surface area contributed by atoms with Crippen LogP contribution in [-0.4, -0.2) is 35.7 Å². The summed E-state index contributed by atoms with van der Waals surface area (Å²) in [4.78, 5) is 2.33. The van der Waals surface area contributed by atoms with E-state index in [1.165, 1.54) is 25.7 Å². The van der Waals surface area contributed by atoms with Crippen molar-refractivity contribution in [2.75, 3.05) is 20.1 Å². The molecule has 2 nitrogen and oxygen atoms in total. The Bertz CT molecular complexity index is 201. The molecule has 88 valence electrons. The first kappa shape index (κ1) is 11.4. The second kappa shape index (κ2) is 4.42. The first-order valence-electron chi connectivity index (χ1n) is 6.51. The molecular formula is C13H25NO. The molecule has 0 aromatic rings. The van der Waals surface area contributed by atoms with Crippen LogP contribution in [0.4, 0.5) is 0 Å². The van der Waals surface area contributed by atoms with E-state index in [-0.39, 0.29) is 5.60 Å². The van der Waals surface area contributed by atoms with Crippen molar-refractivity contribution < 1.29 is 5.11 Å². The van der Waals surface area contributed by atoms with E-state index in [2.05, 4.69) is 18.9 Å². The standard InChI is InChI=1S/C13H25NO/c1-11-3-5-12(6-4-11)13(15)7-9-14(2)10-8-13/h11-12,15H,3-10H2,1-2H3. The van der Waals surface area contributed by atoms with Crippen LogP contribution in [0, 0.1) is 11.8 Å². The van der Waals surface area contributed by atoms with Crippen molar-refractivity contribution >= 4 is 0 Å². The zero-order valence-electron chi connectivity index (χ0n) is 10.2. The van der Waals surface area contributed by atoms with E-state index in [0.29, 0.717) is 5.92 Å². The quantitative estimate of drug-likeness (QED) is 0.719. The summed E-state index contributed by atoms with van der Waals surface area (Å²) in [5, 5.41) is 10.7. The van der Waals surface area contributed by atoms with Crippen LogP contribution in [0.15, 0.2) is 0 Å². The van der Waals surface area contributed by atoms with Gasteiger partial charge in [-0.25, -0.2) is 0 Å². The minimum Gasteiger partial charge on any atom is -0.390 e. The van der Waals surface area contributed by atoms with E-state index < -0.39 is 0 Å². The van der Waals surface area contributed by atoms with E-state index in [0.717, 1.165) is 31.8 Å². The zero-order chi connectivity index (χ0) is 10.9. The van der Waals surface area contributed by atoms with Crippen LogP contribution in [0.25, 0.3) is 0 Å². The highest BCUT2D eigenvalue weighted by Crippen LogP contribution is 2.40. The molecule has 1 heterocycles. The predicted octanol–water partition coefficient (Wildman–Crippen LogP) is 2.27. The van der Waals surface area contributed by atoms with Crippen molar-refractivity contribution in [1.82, 2.24) is 4.90 Å². The van der Waals surface area contributed by atoms with Crippen molar-refractivity contribution in [1.29, 1.82) is 0 Å². The average molecular weight is 211 g/mol. The van der Waals surface area contributed by atoms with Gasteiger partial charge in [0.25, 0.3) is 0 Å². The lowest BCUT2D eigenvalue weighted by molar-refractivity contribution is -0.0769. The maximum absolute atomic E-state index is 10.7. The lowest BCUT2D eigenvalue weighted by Gasteiger charge is -2.44. The van der Waals surface area contributed by atoms with Crippen molar-refractivity contribution in [3.05, 3.63) is 0 Å². The number of hydrogen-bond donors (Lipinski definition) is 1. The molecular weight excluding hydrogens is 186 g/mol. The number of rotatable bonds is 1. The molecule has 2 rings (SSSR count). The van der Waals surface area contributed by atoms with Gasteiger partial charge in [0.1, 0.15) is 0 Å². The molecule has 1 aliphatic heterocycles. The Labute approximate surface area is 93.7 Å².